The molecular weight excluding hydrogens is 350 g/mol. The molecule has 0 bridgehead atoms. The number of amides is 3. The van der Waals surface area contributed by atoms with Gasteiger partial charge in [-0.25, -0.2) is 0 Å². The SMILES string of the molecule is CC(C)C[C@@H]1NC(=O)[C@@H](C)NC(=O)[C@@H](CC(C)C)OC(=O)CCCNC1=O. The molecule has 0 aliphatic carbocycles. The molecule has 1 aliphatic rings. The van der Waals surface area contributed by atoms with E-state index in [1.54, 1.807) is 0 Å². The number of hydrogen-bond acceptors (Lipinski definition) is 5. The van der Waals surface area contributed by atoms with Crippen LogP contribution in [0.1, 0.15) is 60.3 Å². The van der Waals surface area contributed by atoms with Gasteiger partial charge in [0.2, 0.25) is 11.8 Å². The van der Waals surface area contributed by atoms with Crippen molar-refractivity contribution in [2.24, 2.45) is 11.8 Å². The first kappa shape index (κ1) is 22.9. The first-order valence-corrected chi connectivity index (χ1v) is 9.68. The molecule has 3 atom stereocenters. The third kappa shape index (κ3) is 8.41. The molecule has 0 radical (unpaired) electrons. The Labute approximate surface area is 161 Å². The molecule has 3 amide bonds. The summed E-state index contributed by atoms with van der Waals surface area (Å²) in [6.45, 7) is 9.61. The van der Waals surface area contributed by atoms with Crippen molar-refractivity contribution in [2.45, 2.75) is 78.5 Å². The Kier molecular flexibility index (Phi) is 9.25. The van der Waals surface area contributed by atoms with Crippen molar-refractivity contribution in [3.63, 3.8) is 0 Å². The lowest BCUT2D eigenvalue weighted by atomic mass is 10.0. The smallest absolute Gasteiger partial charge is 0.306 e. The molecule has 1 saturated heterocycles. The summed E-state index contributed by atoms with van der Waals surface area (Å²) in [5.74, 6) is -1.38. The zero-order valence-electron chi connectivity index (χ0n) is 17.0. The van der Waals surface area contributed by atoms with E-state index in [-0.39, 0.29) is 24.2 Å². The predicted molar refractivity (Wildman–Crippen MR) is 101 cm³/mol. The highest BCUT2D eigenvalue weighted by atomic mass is 16.5. The fourth-order valence-electron chi connectivity index (χ4n) is 2.79. The summed E-state index contributed by atoms with van der Waals surface area (Å²) in [5, 5.41) is 8.05. The zero-order valence-corrected chi connectivity index (χ0v) is 17.0. The van der Waals surface area contributed by atoms with E-state index < -0.39 is 36.0 Å². The maximum atomic E-state index is 12.5. The molecule has 1 fully saturated rings. The average molecular weight is 383 g/mol. The Hall–Kier alpha value is -2.12. The summed E-state index contributed by atoms with van der Waals surface area (Å²) in [4.78, 5) is 49.3. The predicted octanol–water partition coefficient (Wildman–Crippen LogP) is 0.890. The average Bonchev–Trinajstić information content (AvgIpc) is 2.55. The first-order chi connectivity index (χ1) is 12.6. The normalized spacial score (nSPS) is 26.1. The highest BCUT2D eigenvalue weighted by molar-refractivity contribution is 5.93. The van der Waals surface area contributed by atoms with Gasteiger partial charge in [-0.2, -0.15) is 0 Å². The number of cyclic esters (lactones) is 1. The van der Waals surface area contributed by atoms with Crippen LogP contribution in [0, 0.1) is 11.8 Å². The largest absolute Gasteiger partial charge is 0.452 e. The quantitative estimate of drug-likeness (QED) is 0.624. The minimum absolute atomic E-state index is 0.110. The summed E-state index contributed by atoms with van der Waals surface area (Å²) in [6, 6.07) is -1.53. The van der Waals surface area contributed by atoms with Crippen LogP contribution in [0.4, 0.5) is 0 Å². The number of carbonyl (C=O) groups excluding carboxylic acids is 4. The van der Waals surface area contributed by atoms with Gasteiger partial charge in [0, 0.05) is 13.0 Å². The van der Waals surface area contributed by atoms with E-state index in [4.69, 9.17) is 4.74 Å². The lowest BCUT2D eigenvalue weighted by molar-refractivity contribution is -0.157. The van der Waals surface area contributed by atoms with Crippen LogP contribution in [-0.2, 0) is 23.9 Å². The molecule has 1 rings (SSSR count). The van der Waals surface area contributed by atoms with Crippen LogP contribution in [0.25, 0.3) is 0 Å². The summed E-state index contributed by atoms with van der Waals surface area (Å²) >= 11 is 0. The third-order valence-electron chi connectivity index (χ3n) is 4.20. The van der Waals surface area contributed by atoms with Gasteiger partial charge in [0.1, 0.15) is 12.1 Å². The van der Waals surface area contributed by atoms with E-state index in [0.29, 0.717) is 25.8 Å². The van der Waals surface area contributed by atoms with Crippen LogP contribution in [0.2, 0.25) is 0 Å². The van der Waals surface area contributed by atoms with E-state index in [9.17, 15) is 19.2 Å². The van der Waals surface area contributed by atoms with Gasteiger partial charge < -0.3 is 20.7 Å². The fraction of sp³-hybridized carbons (Fsp3) is 0.789. The number of esters is 1. The van der Waals surface area contributed by atoms with Crippen molar-refractivity contribution in [3.05, 3.63) is 0 Å². The second kappa shape index (κ2) is 10.9. The molecule has 0 spiro atoms. The lowest BCUT2D eigenvalue weighted by Gasteiger charge is -2.25. The molecule has 27 heavy (non-hydrogen) atoms. The Morgan fingerprint density at radius 3 is 2.15 bits per heavy atom. The van der Waals surface area contributed by atoms with E-state index in [1.165, 1.54) is 6.92 Å². The molecule has 0 aromatic carbocycles. The second-order valence-electron chi connectivity index (χ2n) is 7.92. The van der Waals surface area contributed by atoms with Crippen molar-refractivity contribution in [3.8, 4) is 0 Å². The molecule has 0 unspecified atom stereocenters. The van der Waals surface area contributed by atoms with Crippen molar-refractivity contribution in [2.75, 3.05) is 6.54 Å². The Morgan fingerprint density at radius 1 is 0.926 bits per heavy atom. The van der Waals surface area contributed by atoms with E-state index in [2.05, 4.69) is 16.0 Å². The number of hydrogen-bond donors (Lipinski definition) is 3. The molecule has 1 aliphatic heterocycles. The topological polar surface area (TPSA) is 114 Å². The lowest BCUT2D eigenvalue weighted by Crippen LogP contribution is -2.54. The minimum atomic E-state index is -0.934. The molecular formula is C19H33N3O5. The van der Waals surface area contributed by atoms with Crippen LogP contribution < -0.4 is 16.0 Å². The second-order valence-corrected chi connectivity index (χ2v) is 7.92. The van der Waals surface area contributed by atoms with Crippen LogP contribution in [0.3, 0.4) is 0 Å². The van der Waals surface area contributed by atoms with Gasteiger partial charge in [-0.1, -0.05) is 27.7 Å². The zero-order chi connectivity index (χ0) is 20.6. The maximum Gasteiger partial charge on any atom is 0.306 e. The van der Waals surface area contributed by atoms with Gasteiger partial charge in [-0.15, -0.1) is 0 Å². The fourth-order valence-corrected chi connectivity index (χ4v) is 2.79. The third-order valence-corrected chi connectivity index (χ3v) is 4.20. The minimum Gasteiger partial charge on any atom is -0.452 e. The van der Waals surface area contributed by atoms with Crippen LogP contribution in [-0.4, -0.2) is 48.4 Å². The number of carbonyl (C=O) groups is 4. The molecule has 0 saturated carbocycles. The van der Waals surface area contributed by atoms with Crippen LogP contribution >= 0.6 is 0 Å². The molecule has 8 heteroatoms. The Morgan fingerprint density at radius 2 is 1.56 bits per heavy atom. The number of nitrogens with one attached hydrogen (secondary N) is 3. The van der Waals surface area contributed by atoms with Crippen molar-refractivity contribution >= 4 is 23.7 Å². The van der Waals surface area contributed by atoms with Gasteiger partial charge in [-0.05, 0) is 38.0 Å². The maximum absolute atomic E-state index is 12.5. The highest BCUT2D eigenvalue weighted by Crippen LogP contribution is 2.11. The summed E-state index contributed by atoms with van der Waals surface area (Å²) in [6.07, 6.45) is 0.435. The number of rotatable bonds is 4. The Bertz CT molecular complexity index is 547. The molecule has 1 heterocycles. The van der Waals surface area contributed by atoms with Crippen molar-refractivity contribution in [1.82, 2.24) is 16.0 Å². The van der Waals surface area contributed by atoms with Gasteiger partial charge in [-0.3, -0.25) is 19.2 Å². The number of ether oxygens (including phenoxy) is 1. The summed E-state index contributed by atoms with van der Waals surface area (Å²) in [7, 11) is 0. The highest BCUT2D eigenvalue weighted by Gasteiger charge is 2.29. The molecule has 0 aromatic heterocycles. The monoisotopic (exact) mass is 383 g/mol. The Balaban J connectivity index is 2.96. The van der Waals surface area contributed by atoms with Crippen molar-refractivity contribution < 1.29 is 23.9 Å². The van der Waals surface area contributed by atoms with Gasteiger partial charge >= 0.3 is 5.97 Å². The van der Waals surface area contributed by atoms with Crippen LogP contribution in [0.15, 0.2) is 0 Å². The summed E-state index contributed by atoms with van der Waals surface area (Å²) in [5.41, 5.74) is 0. The van der Waals surface area contributed by atoms with Gasteiger partial charge in [0.25, 0.3) is 5.91 Å². The molecule has 8 nitrogen and oxygen atoms in total. The molecule has 154 valence electrons. The van der Waals surface area contributed by atoms with Crippen LogP contribution in [0.5, 0.6) is 0 Å². The molecule has 0 aromatic rings. The molecule has 3 N–H and O–H groups in total. The first-order valence-electron chi connectivity index (χ1n) is 9.68. The van der Waals surface area contributed by atoms with E-state index in [1.807, 2.05) is 27.7 Å². The van der Waals surface area contributed by atoms with Crippen molar-refractivity contribution in [1.29, 1.82) is 0 Å². The van der Waals surface area contributed by atoms with E-state index >= 15 is 0 Å². The summed E-state index contributed by atoms with van der Waals surface area (Å²) < 4.78 is 5.31. The van der Waals surface area contributed by atoms with Gasteiger partial charge in [0.15, 0.2) is 6.10 Å². The van der Waals surface area contributed by atoms with E-state index in [0.717, 1.165) is 0 Å². The standard InChI is InChI=1S/C19H33N3O5/c1-11(2)9-14-18(25)20-8-6-7-16(23)27-15(10-12(3)4)19(26)21-13(5)17(24)22-14/h11-15H,6-10H2,1-5H3,(H,20,25)(H,21,26)(H,22,24)/t13-,14+,15-/m1/s1. The van der Waals surface area contributed by atoms with Gasteiger partial charge in [0.05, 0.1) is 0 Å².